The number of ether oxygens (including phenoxy) is 1. The summed E-state index contributed by atoms with van der Waals surface area (Å²) in [6, 6.07) is 2.40. The second kappa shape index (κ2) is 4.49. The van der Waals surface area contributed by atoms with Crippen LogP contribution >= 0.6 is 0 Å². The van der Waals surface area contributed by atoms with Crippen LogP contribution in [0.5, 0.6) is 0 Å². The lowest BCUT2D eigenvalue weighted by Crippen LogP contribution is -2.40. The summed E-state index contributed by atoms with van der Waals surface area (Å²) >= 11 is 0. The molecule has 0 atom stereocenters. The summed E-state index contributed by atoms with van der Waals surface area (Å²) in [5.74, 6) is 0. The summed E-state index contributed by atoms with van der Waals surface area (Å²) in [5, 5.41) is 3.39. The number of nitrogens with one attached hydrogen (secondary N) is 1. The number of anilines is 2. The largest absolute Gasteiger partial charge is 0.396 e. The van der Waals surface area contributed by atoms with Gasteiger partial charge in [-0.25, -0.2) is 0 Å². The van der Waals surface area contributed by atoms with Crippen molar-refractivity contribution in [3.8, 4) is 0 Å². The smallest absolute Gasteiger partial charge is 0.0736 e. The molecular formula is C11H17N3O. The molecular weight excluding hydrogens is 190 g/mol. The van der Waals surface area contributed by atoms with Gasteiger partial charge in [0.05, 0.1) is 23.7 Å². The summed E-state index contributed by atoms with van der Waals surface area (Å²) < 4.78 is 5.49. The van der Waals surface area contributed by atoms with Crippen molar-refractivity contribution in [3.05, 3.63) is 18.5 Å². The Kier molecular flexibility index (Phi) is 3.06. The van der Waals surface area contributed by atoms with Gasteiger partial charge in [0.2, 0.25) is 0 Å². The van der Waals surface area contributed by atoms with Crippen LogP contribution in [0.3, 0.4) is 0 Å². The van der Waals surface area contributed by atoms with E-state index in [1.165, 1.54) is 0 Å². The van der Waals surface area contributed by atoms with Crippen LogP contribution < -0.4 is 11.1 Å². The van der Waals surface area contributed by atoms with Crippen LogP contribution in [0.1, 0.15) is 19.8 Å². The van der Waals surface area contributed by atoms with Gasteiger partial charge in [0.25, 0.3) is 0 Å². The van der Waals surface area contributed by atoms with Crippen LogP contribution in [0.4, 0.5) is 11.4 Å². The third-order valence-electron chi connectivity index (χ3n) is 2.71. The summed E-state index contributed by atoms with van der Waals surface area (Å²) in [4.78, 5) is 3.95. The van der Waals surface area contributed by atoms with E-state index >= 15 is 0 Å². The van der Waals surface area contributed by atoms with Crippen molar-refractivity contribution in [1.82, 2.24) is 4.98 Å². The predicted molar refractivity (Wildman–Crippen MR) is 60.7 cm³/mol. The molecule has 0 aromatic carbocycles. The minimum atomic E-state index is 0.426. The van der Waals surface area contributed by atoms with Crippen molar-refractivity contribution < 1.29 is 4.74 Å². The maximum absolute atomic E-state index is 5.78. The quantitative estimate of drug-likeness (QED) is 0.788. The summed E-state index contributed by atoms with van der Waals surface area (Å²) in [7, 11) is 0. The molecule has 0 saturated heterocycles. The molecule has 0 bridgehead atoms. The van der Waals surface area contributed by atoms with Gasteiger partial charge < -0.3 is 15.8 Å². The first-order chi connectivity index (χ1) is 7.29. The lowest BCUT2D eigenvalue weighted by molar-refractivity contribution is 0.00300. The van der Waals surface area contributed by atoms with E-state index < -0.39 is 0 Å². The number of hydrogen-bond acceptors (Lipinski definition) is 4. The Hall–Kier alpha value is -1.29. The van der Waals surface area contributed by atoms with E-state index in [0.29, 0.717) is 17.8 Å². The highest BCUT2D eigenvalue weighted by Gasteiger charge is 2.29. The number of hydrogen-bond donors (Lipinski definition) is 2. The third-order valence-corrected chi connectivity index (χ3v) is 2.71. The average molecular weight is 207 g/mol. The highest BCUT2D eigenvalue weighted by atomic mass is 16.5. The molecule has 3 N–H and O–H groups in total. The van der Waals surface area contributed by atoms with Crippen LogP contribution in [0.15, 0.2) is 18.5 Å². The SMILES string of the molecule is CCOC1CC(Nc2ccncc2N)C1. The Bertz CT molecular complexity index is 323. The first-order valence-electron chi connectivity index (χ1n) is 5.37. The second-order valence-corrected chi connectivity index (χ2v) is 3.85. The van der Waals surface area contributed by atoms with Crippen LogP contribution in [0.2, 0.25) is 0 Å². The lowest BCUT2D eigenvalue weighted by atomic mass is 9.89. The molecule has 1 saturated carbocycles. The van der Waals surface area contributed by atoms with Crippen LogP contribution in [-0.4, -0.2) is 23.7 Å². The third kappa shape index (κ3) is 2.39. The Morgan fingerprint density at radius 3 is 3.07 bits per heavy atom. The van der Waals surface area contributed by atoms with Gasteiger partial charge in [0.1, 0.15) is 0 Å². The van der Waals surface area contributed by atoms with Crippen LogP contribution in [0.25, 0.3) is 0 Å². The van der Waals surface area contributed by atoms with Crippen molar-refractivity contribution in [2.75, 3.05) is 17.7 Å². The molecule has 1 heterocycles. The first-order valence-corrected chi connectivity index (χ1v) is 5.37. The maximum atomic E-state index is 5.78. The number of nitrogen functional groups attached to an aromatic ring is 1. The zero-order chi connectivity index (χ0) is 10.7. The van der Waals surface area contributed by atoms with Gasteiger partial charge in [-0.05, 0) is 25.8 Å². The van der Waals surface area contributed by atoms with Gasteiger partial charge >= 0.3 is 0 Å². The van der Waals surface area contributed by atoms with Crippen molar-refractivity contribution in [1.29, 1.82) is 0 Å². The molecule has 4 nitrogen and oxygen atoms in total. The molecule has 0 aliphatic heterocycles. The Labute approximate surface area is 89.8 Å². The van der Waals surface area contributed by atoms with Gasteiger partial charge in [-0.2, -0.15) is 0 Å². The molecule has 1 fully saturated rings. The van der Waals surface area contributed by atoms with E-state index in [2.05, 4.69) is 10.3 Å². The van der Waals surface area contributed by atoms with Crippen molar-refractivity contribution in [2.45, 2.75) is 31.9 Å². The number of aromatic nitrogens is 1. The van der Waals surface area contributed by atoms with E-state index in [9.17, 15) is 0 Å². The molecule has 1 aromatic heterocycles. The van der Waals surface area contributed by atoms with E-state index in [4.69, 9.17) is 10.5 Å². The predicted octanol–water partition coefficient (Wildman–Crippen LogP) is 1.64. The second-order valence-electron chi connectivity index (χ2n) is 3.85. The fourth-order valence-electron chi connectivity index (χ4n) is 1.81. The minimum absolute atomic E-state index is 0.426. The van der Waals surface area contributed by atoms with E-state index in [1.807, 2.05) is 13.0 Å². The highest BCUT2D eigenvalue weighted by molar-refractivity contribution is 5.64. The average Bonchev–Trinajstić information content (AvgIpc) is 2.18. The topological polar surface area (TPSA) is 60.2 Å². The fraction of sp³-hybridized carbons (Fsp3) is 0.545. The van der Waals surface area contributed by atoms with Crippen molar-refractivity contribution >= 4 is 11.4 Å². The Morgan fingerprint density at radius 2 is 2.40 bits per heavy atom. The molecule has 15 heavy (non-hydrogen) atoms. The molecule has 0 radical (unpaired) electrons. The van der Waals surface area contributed by atoms with Gasteiger partial charge in [0.15, 0.2) is 0 Å². The zero-order valence-corrected chi connectivity index (χ0v) is 8.94. The summed E-state index contributed by atoms with van der Waals surface area (Å²) in [6.07, 6.45) is 5.97. The van der Waals surface area contributed by atoms with Gasteiger partial charge in [-0.15, -0.1) is 0 Å². The van der Waals surface area contributed by atoms with Gasteiger partial charge in [0, 0.05) is 18.8 Å². The number of nitrogens with zero attached hydrogens (tertiary/aromatic N) is 1. The number of pyridine rings is 1. The van der Waals surface area contributed by atoms with E-state index in [-0.39, 0.29) is 0 Å². The zero-order valence-electron chi connectivity index (χ0n) is 8.94. The van der Waals surface area contributed by atoms with Crippen molar-refractivity contribution in [2.24, 2.45) is 0 Å². The first kappa shape index (κ1) is 10.2. The molecule has 82 valence electrons. The molecule has 1 aliphatic carbocycles. The number of nitrogens with two attached hydrogens (primary N) is 1. The Balaban J connectivity index is 1.82. The highest BCUT2D eigenvalue weighted by Crippen LogP contribution is 2.28. The van der Waals surface area contributed by atoms with E-state index in [0.717, 1.165) is 25.1 Å². The Morgan fingerprint density at radius 1 is 1.60 bits per heavy atom. The van der Waals surface area contributed by atoms with Gasteiger partial charge in [-0.3, -0.25) is 4.98 Å². The standard InChI is InChI=1S/C11H17N3O/c1-2-15-9-5-8(6-9)14-11-3-4-13-7-10(11)12/h3-4,7-9H,2,5-6,12H2,1H3,(H,13,14). The van der Waals surface area contributed by atoms with Crippen molar-refractivity contribution in [3.63, 3.8) is 0 Å². The number of rotatable bonds is 4. The molecule has 1 aromatic rings. The summed E-state index contributed by atoms with van der Waals surface area (Å²) in [6.45, 7) is 2.83. The monoisotopic (exact) mass is 207 g/mol. The van der Waals surface area contributed by atoms with Crippen LogP contribution in [-0.2, 0) is 4.74 Å². The fourth-order valence-corrected chi connectivity index (χ4v) is 1.81. The molecule has 0 unspecified atom stereocenters. The minimum Gasteiger partial charge on any atom is -0.396 e. The molecule has 1 aliphatic rings. The lowest BCUT2D eigenvalue weighted by Gasteiger charge is -2.36. The van der Waals surface area contributed by atoms with Gasteiger partial charge in [-0.1, -0.05) is 0 Å². The maximum Gasteiger partial charge on any atom is 0.0736 e. The molecule has 0 spiro atoms. The molecule has 2 rings (SSSR count). The molecule has 0 amide bonds. The summed E-state index contributed by atoms with van der Waals surface area (Å²) in [5.41, 5.74) is 7.47. The normalized spacial score (nSPS) is 24.6. The van der Waals surface area contributed by atoms with E-state index in [1.54, 1.807) is 12.4 Å². The molecule has 4 heteroatoms. The van der Waals surface area contributed by atoms with Crippen LogP contribution in [0, 0.1) is 0 Å².